The first kappa shape index (κ1) is 15.9. The lowest BCUT2D eigenvalue weighted by Gasteiger charge is -2.11. The Bertz CT molecular complexity index is 1210. The molecule has 27 heavy (non-hydrogen) atoms. The molecule has 0 saturated carbocycles. The molecular weight excluding hydrogens is 361 g/mol. The highest BCUT2D eigenvalue weighted by atomic mass is 32.1. The SMILES string of the molecule is Fc1ccc(-c2ncn(Cc3cnsc3)c2-c2ccnc3[nH]ccc23)cc1. The summed E-state index contributed by atoms with van der Waals surface area (Å²) >= 11 is 1.43. The number of hydrogen-bond acceptors (Lipinski definition) is 4. The summed E-state index contributed by atoms with van der Waals surface area (Å²) in [6, 6.07) is 10.4. The van der Waals surface area contributed by atoms with Crippen LogP contribution in [0.4, 0.5) is 4.39 Å². The largest absolute Gasteiger partial charge is 0.346 e. The van der Waals surface area contributed by atoms with Crippen LogP contribution in [0.15, 0.2) is 66.7 Å². The third-order valence-electron chi connectivity index (χ3n) is 4.51. The minimum atomic E-state index is -0.263. The van der Waals surface area contributed by atoms with Crippen LogP contribution < -0.4 is 0 Å². The molecule has 0 saturated heterocycles. The van der Waals surface area contributed by atoms with E-state index in [4.69, 9.17) is 0 Å². The zero-order chi connectivity index (χ0) is 18.2. The maximum Gasteiger partial charge on any atom is 0.137 e. The predicted octanol–water partition coefficient (Wildman–Crippen LogP) is 4.74. The maximum atomic E-state index is 13.4. The number of imidazole rings is 1. The number of fused-ring (bicyclic) bond motifs is 1. The summed E-state index contributed by atoms with van der Waals surface area (Å²) in [7, 11) is 0. The number of rotatable bonds is 4. The fourth-order valence-corrected chi connectivity index (χ4v) is 3.80. The van der Waals surface area contributed by atoms with Crippen molar-refractivity contribution in [1.29, 1.82) is 0 Å². The molecule has 0 amide bonds. The minimum Gasteiger partial charge on any atom is -0.346 e. The molecule has 4 aromatic heterocycles. The van der Waals surface area contributed by atoms with Gasteiger partial charge in [-0.25, -0.2) is 18.7 Å². The summed E-state index contributed by atoms with van der Waals surface area (Å²) in [6.07, 6.45) is 7.35. The molecule has 4 heterocycles. The van der Waals surface area contributed by atoms with E-state index in [0.717, 1.165) is 39.1 Å². The fraction of sp³-hybridized carbons (Fsp3) is 0.0500. The van der Waals surface area contributed by atoms with Crippen molar-refractivity contribution in [2.45, 2.75) is 6.54 Å². The first-order valence-electron chi connectivity index (χ1n) is 8.41. The van der Waals surface area contributed by atoms with Gasteiger partial charge in [0.1, 0.15) is 11.5 Å². The second kappa shape index (κ2) is 6.44. The molecule has 5 nitrogen and oxygen atoms in total. The topological polar surface area (TPSA) is 59.4 Å². The zero-order valence-corrected chi connectivity index (χ0v) is 14.9. The predicted molar refractivity (Wildman–Crippen MR) is 104 cm³/mol. The van der Waals surface area contributed by atoms with Crippen molar-refractivity contribution in [1.82, 2.24) is 23.9 Å². The Balaban J connectivity index is 1.74. The molecule has 0 aliphatic rings. The van der Waals surface area contributed by atoms with Gasteiger partial charge in [0.05, 0.1) is 24.3 Å². The highest BCUT2D eigenvalue weighted by Gasteiger charge is 2.18. The fourth-order valence-electron chi connectivity index (χ4n) is 3.27. The summed E-state index contributed by atoms with van der Waals surface area (Å²) in [5.74, 6) is -0.263. The van der Waals surface area contributed by atoms with Crippen molar-refractivity contribution in [3.05, 3.63) is 78.1 Å². The van der Waals surface area contributed by atoms with Crippen molar-refractivity contribution in [2.24, 2.45) is 0 Å². The Labute approximate surface area is 158 Å². The van der Waals surface area contributed by atoms with Crippen LogP contribution in [0.3, 0.4) is 0 Å². The lowest BCUT2D eigenvalue weighted by atomic mass is 10.0. The number of nitrogens with one attached hydrogen (secondary N) is 1. The van der Waals surface area contributed by atoms with Gasteiger partial charge in [0.2, 0.25) is 0 Å². The van der Waals surface area contributed by atoms with E-state index in [1.165, 1.54) is 23.7 Å². The molecule has 0 unspecified atom stereocenters. The Hall–Kier alpha value is -3.32. The summed E-state index contributed by atoms with van der Waals surface area (Å²) in [4.78, 5) is 12.2. The van der Waals surface area contributed by atoms with Crippen LogP contribution in [-0.2, 0) is 6.54 Å². The third kappa shape index (κ3) is 2.82. The number of aromatic amines is 1. The summed E-state index contributed by atoms with van der Waals surface area (Å²) in [5, 5.41) is 3.05. The van der Waals surface area contributed by atoms with E-state index in [1.54, 1.807) is 18.3 Å². The van der Waals surface area contributed by atoms with Gasteiger partial charge in [-0.1, -0.05) is 0 Å². The van der Waals surface area contributed by atoms with Crippen LogP contribution in [0.25, 0.3) is 33.5 Å². The quantitative estimate of drug-likeness (QED) is 0.494. The molecule has 0 aliphatic carbocycles. The van der Waals surface area contributed by atoms with Gasteiger partial charge in [-0.15, -0.1) is 0 Å². The zero-order valence-electron chi connectivity index (χ0n) is 14.1. The summed E-state index contributed by atoms with van der Waals surface area (Å²) in [5.41, 5.74) is 5.62. The van der Waals surface area contributed by atoms with Gasteiger partial charge in [0, 0.05) is 46.0 Å². The van der Waals surface area contributed by atoms with Gasteiger partial charge in [-0.3, -0.25) is 0 Å². The number of hydrogen-bond donors (Lipinski definition) is 1. The molecule has 5 rings (SSSR count). The first-order valence-corrected chi connectivity index (χ1v) is 9.25. The lowest BCUT2D eigenvalue weighted by molar-refractivity contribution is 0.628. The lowest BCUT2D eigenvalue weighted by Crippen LogP contribution is -2.00. The van der Waals surface area contributed by atoms with Crippen molar-refractivity contribution in [2.75, 3.05) is 0 Å². The molecule has 0 fully saturated rings. The van der Waals surface area contributed by atoms with Crippen molar-refractivity contribution >= 4 is 22.6 Å². The molecule has 0 bridgehead atoms. The summed E-state index contributed by atoms with van der Waals surface area (Å²) < 4.78 is 19.7. The van der Waals surface area contributed by atoms with E-state index < -0.39 is 0 Å². The van der Waals surface area contributed by atoms with Crippen LogP contribution in [0.5, 0.6) is 0 Å². The monoisotopic (exact) mass is 375 g/mol. The van der Waals surface area contributed by atoms with Crippen molar-refractivity contribution < 1.29 is 4.39 Å². The number of pyridine rings is 1. The van der Waals surface area contributed by atoms with Crippen LogP contribution in [0.1, 0.15) is 5.56 Å². The van der Waals surface area contributed by atoms with Crippen LogP contribution in [0.2, 0.25) is 0 Å². The standard InChI is InChI=1S/C20H14FN5S/c21-15-3-1-14(2-4-15)18-19(16-5-7-22-20-17(16)6-8-23-20)26(12-24-18)10-13-9-25-27-11-13/h1-9,11-12H,10H2,(H,22,23). The molecular formula is C20H14FN5S. The molecule has 5 aromatic rings. The van der Waals surface area contributed by atoms with Gasteiger partial charge in [-0.05, 0) is 47.9 Å². The van der Waals surface area contributed by atoms with Gasteiger partial charge in [0.15, 0.2) is 0 Å². The van der Waals surface area contributed by atoms with Crippen LogP contribution in [0, 0.1) is 5.82 Å². The first-order chi connectivity index (χ1) is 13.3. The Morgan fingerprint density at radius 2 is 1.96 bits per heavy atom. The van der Waals surface area contributed by atoms with Gasteiger partial charge in [0.25, 0.3) is 0 Å². The van der Waals surface area contributed by atoms with Crippen LogP contribution >= 0.6 is 11.5 Å². The van der Waals surface area contributed by atoms with Crippen LogP contribution in [-0.4, -0.2) is 23.9 Å². The average molecular weight is 375 g/mol. The number of nitrogens with zero attached hydrogens (tertiary/aromatic N) is 4. The number of halogens is 1. The van der Waals surface area contributed by atoms with Crippen molar-refractivity contribution in [3.63, 3.8) is 0 Å². The van der Waals surface area contributed by atoms with E-state index in [9.17, 15) is 4.39 Å². The highest BCUT2D eigenvalue weighted by molar-refractivity contribution is 7.03. The molecule has 132 valence electrons. The second-order valence-electron chi connectivity index (χ2n) is 6.21. The summed E-state index contributed by atoms with van der Waals surface area (Å²) in [6.45, 7) is 0.661. The maximum absolute atomic E-state index is 13.4. The van der Waals surface area contributed by atoms with E-state index in [-0.39, 0.29) is 5.82 Å². The Morgan fingerprint density at radius 1 is 1.07 bits per heavy atom. The Kier molecular flexibility index (Phi) is 3.79. The molecule has 0 aliphatic heterocycles. The number of H-pyrrole nitrogens is 1. The molecule has 0 spiro atoms. The highest BCUT2D eigenvalue weighted by Crippen LogP contribution is 2.35. The van der Waals surface area contributed by atoms with Gasteiger partial charge < -0.3 is 9.55 Å². The number of aromatic nitrogens is 5. The molecule has 0 atom stereocenters. The second-order valence-corrected chi connectivity index (χ2v) is 6.87. The molecule has 1 aromatic carbocycles. The van der Waals surface area contributed by atoms with Crippen molar-refractivity contribution in [3.8, 4) is 22.5 Å². The molecule has 1 N–H and O–H groups in total. The van der Waals surface area contributed by atoms with E-state index >= 15 is 0 Å². The van der Waals surface area contributed by atoms with E-state index in [0.29, 0.717) is 6.54 Å². The average Bonchev–Trinajstić information content (AvgIpc) is 3.43. The molecule has 0 radical (unpaired) electrons. The number of benzene rings is 1. The van der Waals surface area contributed by atoms with E-state index in [2.05, 4.69) is 23.9 Å². The molecule has 7 heteroatoms. The normalized spacial score (nSPS) is 11.3. The van der Waals surface area contributed by atoms with Gasteiger partial charge >= 0.3 is 0 Å². The van der Waals surface area contributed by atoms with Gasteiger partial charge in [-0.2, -0.15) is 0 Å². The Morgan fingerprint density at radius 3 is 2.78 bits per heavy atom. The van der Waals surface area contributed by atoms with E-state index in [1.807, 2.05) is 36.2 Å². The third-order valence-corrected chi connectivity index (χ3v) is 5.14. The minimum absolute atomic E-state index is 0.263. The smallest absolute Gasteiger partial charge is 0.137 e.